The summed E-state index contributed by atoms with van der Waals surface area (Å²) in [5.41, 5.74) is -0.138. The van der Waals surface area contributed by atoms with Crippen LogP contribution in [0.4, 0.5) is 14.5 Å². The van der Waals surface area contributed by atoms with E-state index in [9.17, 15) is 13.6 Å². The van der Waals surface area contributed by atoms with E-state index >= 15 is 0 Å². The van der Waals surface area contributed by atoms with Crippen LogP contribution in [0.5, 0.6) is 0 Å². The van der Waals surface area contributed by atoms with Crippen molar-refractivity contribution < 1.29 is 13.6 Å². The number of carbonyl (C=O) groups excluding carboxylic acids is 1. The molecule has 0 atom stereocenters. The third-order valence-electron chi connectivity index (χ3n) is 3.63. The SMILES string of the molecule is CCCNc1c(F)cc(C(=O)NCCCC2CC2)cc1F. The number of halogens is 2. The minimum absolute atomic E-state index is 0.0264. The number of rotatable bonds is 8. The molecule has 0 heterocycles. The Morgan fingerprint density at radius 3 is 2.48 bits per heavy atom. The fraction of sp³-hybridized carbons (Fsp3) is 0.562. The van der Waals surface area contributed by atoms with Gasteiger partial charge in [-0.25, -0.2) is 8.78 Å². The second-order valence-electron chi connectivity index (χ2n) is 5.58. The van der Waals surface area contributed by atoms with E-state index in [1.807, 2.05) is 6.92 Å². The van der Waals surface area contributed by atoms with Crippen molar-refractivity contribution in [1.29, 1.82) is 0 Å². The number of benzene rings is 1. The highest BCUT2D eigenvalue weighted by molar-refractivity contribution is 5.94. The van der Waals surface area contributed by atoms with Gasteiger partial charge in [0.1, 0.15) is 17.3 Å². The molecule has 0 aliphatic heterocycles. The largest absolute Gasteiger partial charge is 0.380 e. The number of nitrogens with one attached hydrogen (secondary N) is 2. The van der Waals surface area contributed by atoms with E-state index in [-0.39, 0.29) is 11.3 Å². The molecular formula is C16H22F2N2O. The van der Waals surface area contributed by atoms with Crippen molar-refractivity contribution in [2.45, 2.75) is 39.0 Å². The molecule has 0 saturated heterocycles. The van der Waals surface area contributed by atoms with Gasteiger partial charge in [0.25, 0.3) is 5.91 Å². The zero-order valence-corrected chi connectivity index (χ0v) is 12.3. The average Bonchev–Trinajstić information content (AvgIpc) is 3.26. The monoisotopic (exact) mass is 296 g/mol. The Bertz CT molecular complexity index is 478. The number of carbonyl (C=O) groups is 1. The van der Waals surface area contributed by atoms with Gasteiger partial charge in [0.15, 0.2) is 0 Å². The molecule has 1 aromatic carbocycles. The second kappa shape index (κ2) is 7.38. The fourth-order valence-corrected chi connectivity index (χ4v) is 2.22. The Hall–Kier alpha value is -1.65. The van der Waals surface area contributed by atoms with Crippen LogP contribution < -0.4 is 10.6 Å². The third-order valence-corrected chi connectivity index (χ3v) is 3.63. The van der Waals surface area contributed by atoms with Crippen molar-refractivity contribution in [2.75, 3.05) is 18.4 Å². The van der Waals surface area contributed by atoms with Crippen LogP contribution in [-0.2, 0) is 0 Å². The van der Waals surface area contributed by atoms with Crippen LogP contribution in [0.1, 0.15) is 49.4 Å². The predicted molar refractivity (Wildman–Crippen MR) is 79.4 cm³/mol. The quantitative estimate of drug-likeness (QED) is 0.718. The molecule has 5 heteroatoms. The van der Waals surface area contributed by atoms with E-state index in [0.29, 0.717) is 13.1 Å². The lowest BCUT2D eigenvalue weighted by Gasteiger charge is -2.10. The summed E-state index contributed by atoms with van der Waals surface area (Å²) in [5.74, 6) is -1.07. The number of anilines is 1. The van der Waals surface area contributed by atoms with Gasteiger partial charge in [0.05, 0.1) is 0 Å². The first kappa shape index (κ1) is 15.7. The van der Waals surface area contributed by atoms with Gasteiger partial charge in [-0.05, 0) is 37.3 Å². The summed E-state index contributed by atoms with van der Waals surface area (Å²) in [6.07, 6.45) is 5.37. The normalized spacial score (nSPS) is 14.0. The highest BCUT2D eigenvalue weighted by atomic mass is 19.1. The van der Waals surface area contributed by atoms with Gasteiger partial charge in [-0.15, -0.1) is 0 Å². The van der Waals surface area contributed by atoms with E-state index in [1.54, 1.807) is 0 Å². The lowest BCUT2D eigenvalue weighted by atomic mass is 10.1. The summed E-state index contributed by atoms with van der Waals surface area (Å²) in [7, 11) is 0. The van der Waals surface area contributed by atoms with Gasteiger partial charge >= 0.3 is 0 Å². The van der Waals surface area contributed by atoms with Crippen molar-refractivity contribution >= 4 is 11.6 Å². The molecule has 116 valence electrons. The van der Waals surface area contributed by atoms with Gasteiger partial charge in [-0.2, -0.15) is 0 Å². The van der Waals surface area contributed by atoms with Crippen molar-refractivity contribution in [3.05, 3.63) is 29.3 Å². The molecule has 1 saturated carbocycles. The Morgan fingerprint density at radius 2 is 1.90 bits per heavy atom. The standard InChI is InChI=1S/C16H22F2N2O/c1-2-7-19-15-13(17)9-12(10-14(15)18)16(21)20-8-3-4-11-5-6-11/h9-11,19H,2-8H2,1H3,(H,20,21). The van der Waals surface area contributed by atoms with Crippen LogP contribution in [0, 0.1) is 17.6 Å². The second-order valence-corrected chi connectivity index (χ2v) is 5.58. The molecule has 0 bridgehead atoms. The first-order chi connectivity index (χ1) is 10.1. The molecular weight excluding hydrogens is 274 g/mol. The fourth-order valence-electron chi connectivity index (χ4n) is 2.22. The van der Waals surface area contributed by atoms with E-state index in [4.69, 9.17) is 0 Å². The van der Waals surface area contributed by atoms with Gasteiger partial charge < -0.3 is 10.6 Å². The molecule has 1 fully saturated rings. The van der Waals surface area contributed by atoms with Crippen molar-refractivity contribution in [1.82, 2.24) is 5.32 Å². The average molecular weight is 296 g/mol. The smallest absolute Gasteiger partial charge is 0.251 e. The molecule has 21 heavy (non-hydrogen) atoms. The Labute approximate surface area is 124 Å². The van der Waals surface area contributed by atoms with E-state index in [2.05, 4.69) is 10.6 Å². The lowest BCUT2D eigenvalue weighted by molar-refractivity contribution is 0.0952. The van der Waals surface area contributed by atoms with Crippen molar-refractivity contribution in [3.63, 3.8) is 0 Å². The van der Waals surface area contributed by atoms with Crippen molar-refractivity contribution in [3.8, 4) is 0 Å². The summed E-state index contributed by atoms with van der Waals surface area (Å²) in [5, 5.41) is 5.39. The van der Waals surface area contributed by atoms with Crippen LogP contribution >= 0.6 is 0 Å². The zero-order valence-electron chi connectivity index (χ0n) is 12.3. The topological polar surface area (TPSA) is 41.1 Å². The molecule has 0 radical (unpaired) electrons. The van der Waals surface area contributed by atoms with E-state index < -0.39 is 17.5 Å². The number of amides is 1. The molecule has 1 aliphatic carbocycles. The first-order valence-electron chi connectivity index (χ1n) is 7.63. The van der Waals surface area contributed by atoms with Gasteiger partial charge in [0.2, 0.25) is 0 Å². The summed E-state index contributed by atoms with van der Waals surface area (Å²) < 4.78 is 27.6. The van der Waals surface area contributed by atoms with Crippen LogP contribution in [0.25, 0.3) is 0 Å². The van der Waals surface area contributed by atoms with Crippen LogP contribution in [0.3, 0.4) is 0 Å². The molecule has 0 spiro atoms. The maximum Gasteiger partial charge on any atom is 0.251 e. The summed E-state index contributed by atoms with van der Waals surface area (Å²) in [4.78, 5) is 11.9. The molecule has 0 aromatic heterocycles. The highest BCUT2D eigenvalue weighted by Gasteiger charge is 2.20. The maximum atomic E-state index is 13.8. The number of hydrogen-bond acceptors (Lipinski definition) is 2. The summed E-state index contributed by atoms with van der Waals surface area (Å²) in [6.45, 7) is 2.95. The molecule has 2 N–H and O–H groups in total. The molecule has 1 amide bonds. The summed E-state index contributed by atoms with van der Waals surface area (Å²) in [6, 6.07) is 2.16. The van der Waals surface area contributed by atoms with Crippen molar-refractivity contribution in [2.24, 2.45) is 5.92 Å². The maximum absolute atomic E-state index is 13.8. The van der Waals surface area contributed by atoms with Gasteiger partial charge in [0, 0.05) is 18.7 Å². The predicted octanol–water partition coefficient (Wildman–Crippen LogP) is 3.71. The van der Waals surface area contributed by atoms with Crippen LogP contribution in [0.2, 0.25) is 0 Å². The summed E-state index contributed by atoms with van der Waals surface area (Å²) >= 11 is 0. The molecule has 3 nitrogen and oxygen atoms in total. The van der Waals surface area contributed by atoms with Gasteiger partial charge in [-0.3, -0.25) is 4.79 Å². The Kier molecular flexibility index (Phi) is 5.53. The lowest BCUT2D eigenvalue weighted by Crippen LogP contribution is -2.25. The Balaban J connectivity index is 1.90. The molecule has 0 unspecified atom stereocenters. The Morgan fingerprint density at radius 1 is 1.24 bits per heavy atom. The number of hydrogen-bond donors (Lipinski definition) is 2. The molecule has 2 rings (SSSR count). The van der Waals surface area contributed by atoms with Gasteiger partial charge in [-0.1, -0.05) is 19.8 Å². The minimum atomic E-state index is -0.730. The molecule has 1 aromatic rings. The highest BCUT2D eigenvalue weighted by Crippen LogP contribution is 2.33. The third kappa shape index (κ3) is 4.69. The van der Waals surface area contributed by atoms with Crippen LogP contribution in [-0.4, -0.2) is 19.0 Å². The molecule has 1 aliphatic rings. The first-order valence-corrected chi connectivity index (χ1v) is 7.63. The van der Waals surface area contributed by atoms with Crippen LogP contribution in [0.15, 0.2) is 12.1 Å². The zero-order chi connectivity index (χ0) is 15.2. The van der Waals surface area contributed by atoms with E-state index in [0.717, 1.165) is 37.3 Å². The minimum Gasteiger partial charge on any atom is -0.380 e. The van der Waals surface area contributed by atoms with E-state index in [1.165, 1.54) is 12.8 Å².